The summed E-state index contributed by atoms with van der Waals surface area (Å²) in [7, 11) is 0. The number of anilines is 2. The molecule has 8 bridgehead atoms. The van der Waals surface area contributed by atoms with E-state index >= 15 is 0 Å². The number of phenolic OH excluding ortho intramolecular Hbond substituents is 2. The molecule has 4 aromatic carbocycles. The zero-order chi connectivity index (χ0) is 33.8. The second kappa shape index (κ2) is 11.1. The zero-order valence-electron chi connectivity index (χ0n) is 28.7. The number of ether oxygens (including phenoxy) is 2. The van der Waals surface area contributed by atoms with Gasteiger partial charge in [-0.3, -0.25) is 0 Å². The highest BCUT2D eigenvalue weighted by Gasteiger charge is 2.55. The molecule has 8 fully saturated rings. The number of rotatable bonds is 7. The molecule has 0 unspecified atom stereocenters. The van der Waals surface area contributed by atoms with Crippen molar-refractivity contribution in [3.63, 3.8) is 0 Å². The molecule has 0 heterocycles. The van der Waals surface area contributed by atoms with E-state index in [0.29, 0.717) is 69.9 Å². The molecule has 0 spiro atoms. The van der Waals surface area contributed by atoms with Crippen molar-refractivity contribution >= 4 is 11.4 Å². The number of hydrogen-bond donors (Lipinski definition) is 4. The van der Waals surface area contributed by atoms with Crippen LogP contribution < -0.4 is 20.9 Å². The van der Waals surface area contributed by atoms with Crippen LogP contribution in [0.15, 0.2) is 72.8 Å². The molecule has 12 rings (SSSR count). The number of hydrogen-bond acceptors (Lipinski definition) is 6. The van der Waals surface area contributed by atoms with Crippen molar-refractivity contribution in [3.8, 4) is 45.6 Å². The van der Waals surface area contributed by atoms with Crippen molar-refractivity contribution in [2.24, 2.45) is 35.5 Å². The van der Waals surface area contributed by atoms with Crippen LogP contribution in [0.5, 0.6) is 34.5 Å². The van der Waals surface area contributed by atoms with E-state index in [-0.39, 0.29) is 22.3 Å². The van der Waals surface area contributed by atoms with E-state index in [4.69, 9.17) is 20.9 Å². The molecule has 0 atom stereocenters. The van der Waals surface area contributed by atoms with Crippen LogP contribution in [0.25, 0.3) is 11.1 Å². The molecule has 6 nitrogen and oxygen atoms in total. The van der Waals surface area contributed by atoms with Crippen molar-refractivity contribution in [1.82, 2.24) is 0 Å². The molecule has 0 aromatic heterocycles. The minimum absolute atomic E-state index is 0.107. The van der Waals surface area contributed by atoms with Gasteiger partial charge in [-0.05, 0) is 149 Å². The fourth-order valence-electron chi connectivity index (χ4n) is 13.0. The van der Waals surface area contributed by atoms with Gasteiger partial charge in [-0.2, -0.15) is 0 Å². The minimum atomic E-state index is -0.107. The minimum Gasteiger partial charge on any atom is -0.505 e. The van der Waals surface area contributed by atoms with E-state index in [2.05, 4.69) is 12.1 Å². The third kappa shape index (κ3) is 4.73. The molecule has 8 aliphatic rings. The van der Waals surface area contributed by atoms with E-state index < -0.39 is 0 Å². The Kier molecular flexibility index (Phi) is 6.76. The monoisotopic (exact) mass is 668 g/mol. The average molecular weight is 669 g/mol. The summed E-state index contributed by atoms with van der Waals surface area (Å²) in [6, 6.07) is 23.6. The van der Waals surface area contributed by atoms with Gasteiger partial charge in [0.25, 0.3) is 0 Å². The third-order valence-electron chi connectivity index (χ3n) is 14.0. The first-order valence-corrected chi connectivity index (χ1v) is 19.0. The van der Waals surface area contributed by atoms with Crippen molar-refractivity contribution in [3.05, 3.63) is 83.9 Å². The molecule has 8 saturated carbocycles. The van der Waals surface area contributed by atoms with Crippen molar-refractivity contribution in [2.75, 3.05) is 11.5 Å². The largest absolute Gasteiger partial charge is 0.505 e. The van der Waals surface area contributed by atoms with E-state index in [1.54, 1.807) is 12.1 Å². The molecule has 0 saturated heterocycles. The SMILES string of the molecule is Nc1ccc(Oc2ccccc2-c2ccccc2Oc2ccc(N)c(O)c2C23CC4CC(CC(C4)C2)C3)c(C23CC4CC(CC(C4)C2)C3)c1O. The fourth-order valence-corrected chi connectivity index (χ4v) is 13.0. The number of phenols is 2. The molecule has 258 valence electrons. The van der Waals surface area contributed by atoms with Crippen LogP contribution in [0.3, 0.4) is 0 Å². The lowest BCUT2D eigenvalue weighted by Crippen LogP contribution is -2.48. The summed E-state index contributed by atoms with van der Waals surface area (Å²) in [5.41, 5.74) is 17.0. The van der Waals surface area contributed by atoms with E-state index in [0.717, 1.165) is 60.8 Å². The molecule has 0 amide bonds. The first kappa shape index (κ1) is 30.5. The van der Waals surface area contributed by atoms with Gasteiger partial charge >= 0.3 is 0 Å². The Hall–Kier alpha value is -4.32. The summed E-state index contributed by atoms with van der Waals surface area (Å²) in [4.78, 5) is 0. The Labute approximate surface area is 294 Å². The molecule has 6 heteroatoms. The summed E-state index contributed by atoms with van der Waals surface area (Å²) in [5.74, 6) is 7.41. The second-order valence-electron chi connectivity index (χ2n) is 17.3. The van der Waals surface area contributed by atoms with Gasteiger partial charge < -0.3 is 31.2 Å². The highest BCUT2D eigenvalue weighted by atomic mass is 16.5. The fraction of sp³-hybridized carbons (Fsp3) is 0.455. The Bertz CT molecular complexity index is 1790. The van der Waals surface area contributed by atoms with Crippen LogP contribution in [-0.2, 0) is 10.8 Å². The molecule has 0 aliphatic heterocycles. The summed E-state index contributed by atoms with van der Waals surface area (Å²) < 4.78 is 13.8. The summed E-state index contributed by atoms with van der Waals surface area (Å²) in [5, 5.41) is 23.2. The Morgan fingerprint density at radius 3 is 1.10 bits per heavy atom. The number of aromatic hydroxyl groups is 2. The van der Waals surface area contributed by atoms with Crippen LogP contribution in [0, 0.1) is 35.5 Å². The Morgan fingerprint density at radius 2 is 0.760 bits per heavy atom. The van der Waals surface area contributed by atoms with Gasteiger partial charge in [0.2, 0.25) is 0 Å². The first-order valence-electron chi connectivity index (χ1n) is 19.0. The number of benzene rings is 4. The lowest BCUT2D eigenvalue weighted by molar-refractivity contribution is -0.00709. The number of nitrogen functional groups attached to an aromatic ring is 2. The van der Waals surface area contributed by atoms with Gasteiger partial charge in [0.05, 0.1) is 11.4 Å². The summed E-state index contributed by atoms with van der Waals surface area (Å²) >= 11 is 0. The van der Waals surface area contributed by atoms with Gasteiger partial charge in [0.1, 0.15) is 34.5 Å². The topological polar surface area (TPSA) is 111 Å². The molecule has 50 heavy (non-hydrogen) atoms. The maximum absolute atomic E-state index is 11.6. The van der Waals surface area contributed by atoms with Gasteiger partial charge in [-0.1, -0.05) is 36.4 Å². The van der Waals surface area contributed by atoms with Crippen LogP contribution >= 0.6 is 0 Å². The van der Waals surface area contributed by atoms with Gasteiger partial charge in [-0.15, -0.1) is 0 Å². The third-order valence-corrected chi connectivity index (χ3v) is 14.0. The summed E-state index contributed by atoms with van der Waals surface area (Å²) in [6.45, 7) is 0. The van der Waals surface area contributed by atoms with Crippen molar-refractivity contribution in [2.45, 2.75) is 87.9 Å². The Balaban J connectivity index is 1.03. The molecular weight excluding hydrogens is 620 g/mol. The van der Waals surface area contributed by atoms with Crippen LogP contribution in [0.4, 0.5) is 11.4 Å². The van der Waals surface area contributed by atoms with Gasteiger partial charge in [-0.25, -0.2) is 0 Å². The predicted molar refractivity (Wildman–Crippen MR) is 197 cm³/mol. The molecular formula is C44H48N2O4. The summed E-state index contributed by atoms with van der Waals surface area (Å²) in [6.07, 6.45) is 14.4. The van der Waals surface area contributed by atoms with Crippen LogP contribution in [-0.4, -0.2) is 10.2 Å². The average Bonchev–Trinajstić information content (AvgIpc) is 3.07. The van der Waals surface area contributed by atoms with Crippen LogP contribution in [0.2, 0.25) is 0 Å². The maximum Gasteiger partial charge on any atom is 0.145 e. The normalized spacial score (nSPS) is 33.1. The number of nitrogens with two attached hydrogens (primary N) is 2. The highest BCUT2D eigenvalue weighted by Crippen LogP contribution is 2.65. The first-order chi connectivity index (χ1) is 24.3. The lowest BCUT2D eigenvalue weighted by atomic mass is 9.48. The standard InChI is InChI=1S/C44H48N2O4/c45-33-9-11-37(39(41(33)47)43-19-25-13-26(20-43)15-27(14-25)21-43)49-35-7-3-1-5-31(35)32-6-2-4-8-36(32)50-38-12-10-34(46)42(48)40(38)44-22-28-16-29(23-44)18-30(17-28)24-44/h1-12,25-30,47-48H,13-24,45-46H2. The predicted octanol–water partition coefficient (Wildman–Crippen LogP) is 10.4. The van der Waals surface area contributed by atoms with E-state index in [1.807, 2.05) is 48.5 Å². The smallest absolute Gasteiger partial charge is 0.145 e. The zero-order valence-corrected chi connectivity index (χ0v) is 28.7. The van der Waals surface area contributed by atoms with Crippen molar-refractivity contribution in [1.29, 1.82) is 0 Å². The molecule has 6 N–H and O–H groups in total. The lowest BCUT2D eigenvalue weighted by Gasteiger charge is -2.57. The molecule has 8 aliphatic carbocycles. The maximum atomic E-state index is 11.6. The molecule has 4 aromatic rings. The quantitative estimate of drug-likeness (QED) is 0.115. The Morgan fingerprint density at radius 1 is 0.440 bits per heavy atom. The van der Waals surface area contributed by atoms with Gasteiger partial charge in [0.15, 0.2) is 0 Å². The van der Waals surface area contributed by atoms with E-state index in [9.17, 15) is 10.2 Å². The van der Waals surface area contributed by atoms with E-state index in [1.165, 1.54) is 38.5 Å². The number of para-hydroxylation sites is 2. The second-order valence-corrected chi connectivity index (χ2v) is 17.3. The van der Waals surface area contributed by atoms with Gasteiger partial charge in [0, 0.05) is 33.1 Å². The highest BCUT2D eigenvalue weighted by molar-refractivity contribution is 5.77. The molecule has 0 radical (unpaired) electrons. The van der Waals surface area contributed by atoms with Crippen LogP contribution in [0.1, 0.15) is 88.2 Å². The van der Waals surface area contributed by atoms with Crippen molar-refractivity contribution < 1.29 is 19.7 Å².